The number of nitrogens with zero attached hydrogens (tertiary/aromatic N) is 1. The molecular weight excluding hydrogens is 492 g/mol. The van der Waals surface area contributed by atoms with Gasteiger partial charge in [-0.2, -0.15) is 0 Å². The van der Waals surface area contributed by atoms with Gasteiger partial charge in [-0.1, -0.05) is 62.7 Å². The number of nitrogens with one attached hydrogen (secondary N) is 1. The lowest BCUT2D eigenvalue weighted by Gasteiger charge is -2.37. The van der Waals surface area contributed by atoms with E-state index in [0.717, 1.165) is 30.2 Å². The molecule has 1 unspecified atom stereocenters. The van der Waals surface area contributed by atoms with Crippen LogP contribution in [0.15, 0.2) is 71.6 Å². The number of hydrogen-bond acceptors (Lipinski definition) is 4. The molecule has 1 aliphatic rings. The summed E-state index contributed by atoms with van der Waals surface area (Å²) in [4.78, 5) is 15.7. The lowest BCUT2D eigenvalue weighted by atomic mass is 9.81. The maximum atomic E-state index is 13.0. The van der Waals surface area contributed by atoms with E-state index in [2.05, 4.69) is 42.3 Å². The normalized spacial score (nSPS) is 16.1. The third-order valence-electron chi connectivity index (χ3n) is 6.89. The maximum Gasteiger partial charge on any atom is 0.251 e. The summed E-state index contributed by atoms with van der Waals surface area (Å²) < 4.78 is 24.0. The first-order valence-electron chi connectivity index (χ1n) is 12.4. The van der Waals surface area contributed by atoms with Crippen molar-refractivity contribution >= 4 is 27.3 Å². The second-order valence-corrected chi connectivity index (χ2v) is 12.5. The largest absolute Gasteiger partial charge is 0.348 e. The molecule has 0 saturated carbocycles. The molecular formula is C29H33ClN2O3S. The molecule has 0 aliphatic carbocycles. The Morgan fingerprint density at radius 3 is 2.33 bits per heavy atom. The van der Waals surface area contributed by atoms with Crippen LogP contribution in [0.5, 0.6) is 0 Å². The summed E-state index contributed by atoms with van der Waals surface area (Å²) in [6.07, 6.45) is 0. The zero-order valence-corrected chi connectivity index (χ0v) is 22.6. The average Bonchev–Trinajstić information content (AvgIpc) is 2.88. The van der Waals surface area contributed by atoms with Crippen molar-refractivity contribution in [3.63, 3.8) is 0 Å². The molecule has 0 saturated heterocycles. The van der Waals surface area contributed by atoms with Crippen LogP contribution in [0.4, 0.5) is 0 Å². The van der Waals surface area contributed by atoms with Gasteiger partial charge >= 0.3 is 0 Å². The first kappa shape index (κ1) is 26.4. The topological polar surface area (TPSA) is 66.5 Å². The summed E-state index contributed by atoms with van der Waals surface area (Å²) in [7, 11) is -3.23. The van der Waals surface area contributed by atoms with Gasteiger partial charge in [0.2, 0.25) is 0 Å². The van der Waals surface area contributed by atoms with Crippen molar-refractivity contribution in [1.82, 2.24) is 10.2 Å². The van der Waals surface area contributed by atoms with Gasteiger partial charge < -0.3 is 5.32 Å². The van der Waals surface area contributed by atoms with Crippen LogP contribution >= 0.6 is 11.6 Å². The Kier molecular flexibility index (Phi) is 8.18. The fourth-order valence-corrected chi connectivity index (χ4v) is 5.74. The Hall–Kier alpha value is -2.67. The molecule has 0 spiro atoms. The summed E-state index contributed by atoms with van der Waals surface area (Å²) >= 11 is 6.05. The molecule has 0 aromatic heterocycles. The molecule has 1 atom stereocenters. The molecule has 0 radical (unpaired) electrons. The molecule has 5 nitrogen and oxygen atoms in total. The standard InChI is InChI=1S/C29H33ClN2O3S/c1-4-36(34,35)26-12-7-21(8-13-26)16-31-29(33)23-9-14-27-24(15-23)18-32(19-28(27)20(2)3)17-22-5-10-25(30)11-6-22/h5-15,20,28H,4,16-19H2,1-3H3,(H,31,33). The number of carbonyl (C=O) groups excluding carboxylic acids is 1. The minimum absolute atomic E-state index is 0.0657. The van der Waals surface area contributed by atoms with E-state index < -0.39 is 9.84 Å². The SMILES string of the molecule is CCS(=O)(=O)c1ccc(CNC(=O)c2ccc3c(c2)CN(Cc2ccc(Cl)cc2)CC3C(C)C)cc1. The second-order valence-electron chi connectivity index (χ2n) is 9.79. The number of fused-ring (bicyclic) bond motifs is 1. The Morgan fingerprint density at radius 2 is 1.69 bits per heavy atom. The Morgan fingerprint density at radius 1 is 1.03 bits per heavy atom. The Bertz CT molecular complexity index is 1320. The summed E-state index contributed by atoms with van der Waals surface area (Å²) in [5, 5.41) is 3.71. The van der Waals surface area contributed by atoms with Crippen LogP contribution < -0.4 is 5.32 Å². The van der Waals surface area contributed by atoms with E-state index >= 15 is 0 Å². The fraction of sp³-hybridized carbons (Fsp3) is 0.345. The van der Waals surface area contributed by atoms with E-state index in [4.69, 9.17) is 11.6 Å². The minimum atomic E-state index is -3.23. The third-order valence-corrected chi connectivity index (χ3v) is 8.90. The number of sulfone groups is 1. The zero-order chi connectivity index (χ0) is 25.9. The van der Waals surface area contributed by atoms with E-state index in [-0.39, 0.29) is 11.7 Å². The van der Waals surface area contributed by atoms with Crippen molar-refractivity contribution in [3.8, 4) is 0 Å². The summed E-state index contributed by atoms with van der Waals surface area (Å²) in [6, 6.07) is 20.7. The zero-order valence-electron chi connectivity index (χ0n) is 21.0. The summed E-state index contributed by atoms with van der Waals surface area (Å²) in [6.45, 7) is 9.05. The minimum Gasteiger partial charge on any atom is -0.348 e. The van der Waals surface area contributed by atoms with Gasteiger partial charge in [0.1, 0.15) is 0 Å². The van der Waals surface area contributed by atoms with Crippen molar-refractivity contribution in [2.24, 2.45) is 5.92 Å². The van der Waals surface area contributed by atoms with Crippen molar-refractivity contribution < 1.29 is 13.2 Å². The predicted molar refractivity (Wildman–Crippen MR) is 145 cm³/mol. The van der Waals surface area contributed by atoms with E-state index in [0.29, 0.717) is 28.8 Å². The highest BCUT2D eigenvalue weighted by molar-refractivity contribution is 7.91. The van der Waals surface area contributed by atoms with Gasteiger partial charge in [-0.15, -0.1) is 0 Å². The molecule has 0 bridgehead atoms. The third kappa shape index (κ3) is 6.17. The van der Waals surface area contributed by atoms with E-state index in [1.54, 1.807) is 31.2 Å². The number of hydrogen-bond donors (Lipinski definition) is 1. The lowest BCUT2D eigenvalue weighted by Crippen LogP contribution is -2.35. The van der Waals surface area contributed by atoms with Crippen molar-refractivity contribution in [1.29, 1.82) is 0 Å². The van der Waals surface area contributed by atoms with Gasteiger partial charge in [-0.05, 0) is 70.5 Å². The van der Waals surface area contributed by atoms with Gasteiger partial charge in [0.25, 0.3) is 5.91 Å². The number of rotatable bonds is 8. The van der Waals surface area contributed by atoms with Gasteiger partial charge in [0.05, 0.1) is 10.6 Å². The highest BCUT2D eigenvalue weighted by Crippen LogP contribution is 2.35. The summed E-state index contributed by atoms with van der Waals surface area (Å²) in [5.74, 6) is 0.807. The second kappa shape index (κ2) is 11.2. The average molecular weight is 525 g/mol. The molecule has 0 fully saturated rings. The molecule has 1 heterocycles. The van der Waals surface area contributed by atoms with Crippen molar-refractivity contribution in [2.45, 2.75) is 51.2 Å². The van der Waals surface area contributed by atoms with Crippen LogP contribution in [0, 0.1) is 5.92 Å². The molecule has 1 N–H and O–H groups in total. The first-order chi connectivity index (χ1) is 17.2. The number of carbonyl (C=O) groups is 1. The quantitative estimate of drug-likeness (QED) is 0.403. The summed E-state index contributed by atoms with van der Waals surface area (Å²) in [5.41, 5.74) is 5.22. The first-order valence-corrected chi connectivity index (χ1v) is 14.4. The van der Waals surface area contributed by atoms with Gasteiger partial charge in [0.15, 0.2) is 9.84 Å². The number of halogens is 1. The van der Waals surface area contributed by atoms with Crippen LogP contribution in [0.3, 0.4) is 0 Å². The van der Waals surface area contributed by atoms with Crippen LogP contribution in [0.2, 0.25) is 5.02 Å². The maximum absolute atomic E-state index is 13.0. The molecule has 7 heteroatoms. The van der Waals surface area contributed by atoms with Crippen LogP contribution in [-0.4, -0.2) is 31.5 Å². The van der Waals surface area contributed by atoms with Gasteiger partial charge in [-0.3, -0.25) is 9.69 Å². The molecule has 4 rings (SSSR count). The van der Waals surface area contributed by atoms with Crippen LogP contribution in [0.25, 0.3) is 0 Å². The van der Waals surface area contributed by atoms with E-state index in [9.17, 15) is 13.2 Å². The van der Waals surface area contributed by atoms with E-state index in [1.807, 2.05) is 24.3 Å². The van der Waals surface area contributed by atoms with Crippen molar-refractivity contribution in [3.05, 3.63) is 99.6 Å². The van der Waals surface area contributed by atoms with Crippen molar-refractivity contribution in [2.75, 3.05) is 12.3 Å². The smallest absolute Gasteiger partial charge is 0.251 e. The molecule has 1 aliphatic heterocycles. The number of benzene rings is 3. The van der Waals surface area contributed by atoms with E-state index in [1.165, 1.54) is 16.7 Å². The van der Waals surface area contributed by atoms with Gasteiger partial charge in [0, 0.05) is 36.8 Å². The molecule has 1 amide bonds. The molecule has 3 aromatic rings. The fourth-order valence-electron chi connectivity index (χ4n) is 4.73. The molecule has 3 aromatic carbocycles. The molecule has 190 valence electrons. The highest BCUT2D eigenvalue weighted by atomic mass is 35.5. The van der Waals surface area contributed by atoms with Gasteiger partial charge in [-0.25, -0.2) is 8.42 Å². The number of amides is 1. The highest BCUT2D eigenvalue weighted by Gasteiger charge is 2.28. The molecule has 36 heavy (non-hydrogen) atoms. The Balaban J connectivity index is 1.46. The van der Waals surface area contributed by atoms with Crippen LogP contribution in [-0.2, 0) is 29.5 Å². The van der Waals surface area contributed by atoms with Crippen LogP contribution in [0.1, 0.15) is 59.3 Å². The Labute approximate surface area is 219 Å². The predicted octanol–water partition coefficient (Wildman–Crippen LogP) is 5.82. The lowest BCUT2D eigenvalue weighted by molar-refractivity contribution is 0.0950. The monoisotopic (exact) mass is 524 g/mol.